The molecule has 0 saturated carbocycles. The molecule has 0 fully saturated rings. The van der Waals surface area contributed by atoms with Gasteiger partial charge in [-0.2, -0.15) is 0 Å². The van der Waals surface area contributed by atoms with Crippen molar-refractivity contribution in [2.24, 2.45) is 0 Å². The lowest BCUT2D eigenvalue weighted by molar-refractivity contribution is 0.102. The van der Waals surface area contributed by atoms with E-state index >= 15 is 0 Å². The lowest BCUT2D eigenvalue weighted by Crippen LogP contribution is -2.12. The van der Waals surface area contributed by atoms with E-state index < -0.39 is 0 Å². The van der Waals surface area contributed by atoms with Crippen LogP contribution >= 0.6 is 15.9 Å². The first kappa shape index (κ1) is 13.4. The van der Waals surface area contributed by atoms with Crippen LogP contribution in [0, 0.1) is 6.92 Å². The molecular formula is C17H16BrNO. The minimum atomic E-state index is -0.0443. The number of fused-ring (bicyclic) bond motifs is 1. The maximum absolute atomic E-state index is 12.3. The van der Waals surface area contributed by atoms with E-state index in [9.17, 15) is 4.79 Å². The molecule has 1 amide bonds. The molecule has 2 aromatic carbocycles. The maximum Gasteiger partial charge on any atom is 0.255 e. The Morgan fingerprint density at radius 1 is 1.10 bits per heavy atom. The average molecular weight is 330 g/mol. The van der Waals surface area contributed by atoms with Crippen LogP contribution in [0.5, 0.6) is 0 Å². The predicted molar refractivity (Wildman–Crippen MR) is 85.3 cm³/mol. The second kappa shape index (κ2) is 5.41. The molecule has 0 saturated heterocycles. The summed E-state index contributed by atoms with van der Waals surface area (Å²) in [6.07, 6.45) is 3.43. The molecule has 2 nitrogen and oxygen atoms in total. The van der Waals surface area contributed by atoms with Crippen LogP contribution in [0.2, 0.25) is 0 Å². The fourth-order valence-corrected chi connectivity index (χ4v) is 3.33. The normalized spacial score (nSPS) is 13.1. The Bertz CT molecular complexity index is 658. The third-order valence-electron chi connectivity index (χ3n) is 3.66. The summed E-state index contributed by atoms with van der Waals surface area (Å²) in [6, 6.07) is 11.9. The molecule has 1 aliphatic rings. The standard InChI is InChI=1S/C17H16BrNO/c1-11-7-15(18)10-16(8-11)19-17(20)14-6-5-12-3-2-4-13(12)9-14/h5-10H,2-4H2,1H3,(H,19,20). The van der Waals surface area contributed by atoms with E-state index in [2.05, 4.69) is 27.3 Å². The van der Waals surface area contributed by atoms with Gasteiger partial charge < -0.3 is 5.32 Å². The van der Waals surface area contributed by atoms with Crippen LogP contribution in [0.1, 0.15) is 33.5 Å². The second-order valence-electron chi connectivity index (χ2n) is 5.31. The number of hydrogen-bond acceptors (Lipinski definition) is 1. The first-order valence-corrected chi connectivity index (χ1v) is 7.61. The van der Waals surface area contributed by atoms with Gasteiger partial charge in [0.05, 0.1) is 0 Å². The van der Waals surface area contributed by atoms with Crippen LogP contribution in [0.25, 0.3) is 0 Å². The Labute approximate surface area is 127 Å². The Morgan fingerprint density at radius 2 is 1.90 bits per heavy atom. The number of halogens is 1. The van der Waals surface area contributed by atoms with Gasteiger partial charge in [0.15, 0.2) is 0 Å². The number of carbonyl (C=O) groups is 1. The van der Waals surface area contributed by atoms with Crippen molar-refractivity contribution in [3.05, 3.63) is 63.1 Å². The highest BCUT2D eigenvalue weighted by atomic mass is 79.9. The summed E-state index contributed by atoms with van der Waals surface area (Å²) in [5.74, 6) is -0.0443. The Morgan fingerprint density at radius 3 is 2.70 bits per heavy atom. The molecule has 0 spiro atoms. The number of rotatable bonds is 2. The molecule has 1 aliphatic carbocycles. The van der Waals surface area contributed by atoms with Crippen LogP contribution in [-0.2, 0) is 12.8 Å². The summed E-state index contributed by atoms with van der Waals surface area (Å²) in [6.45, 7) is 2.01. The van der Waals surface area contributed by atoms with Gasteiger partial charge in [-0.25, -0.2) is 0 Å². The van der Waals surface area contributed by atoms with Crippen molar-refractivity contribution in [1.82, 2.24) is 0 Å². The van der Waals surface area contributed by atoms with Gasteiger partial charge in [0.25, 0.3) is 5.91 Å². The largest absolute Gasteiger partial charge is 0.322 e. The lowest BCUT2D eigenvalue weighted by Gasteiger charge is -2.08. The third-order valence-corrected chi connectivity index (χ3v) is 4.12. The van der Waals surface area contributed by atoms with E-state index in [-0.39, 0.29) is 5.91 Å². The van der Waals surface area contributed by atoms with Gasteiger partial charge in [-0.15, -0.1) is 0 Å². The molecule has 3 rings (SSSR count). The van der Waals surface area contributed by atoms with E-state index in [1.807, 2.05) is 37.3 Å². The Kier molecular flexibility index (Phi) is 3.62. The van der Waals surface area contributed by atoms with Gasteiger partial charge >= 0.3 is 0 Å². The van der Waals surface area contributed by atoms with E-state index in [1.54, 1.807) is 0 Å². The molecule has 0 aliphatic heterocycles. The van der Waals surface area contributed by atoms with Crippen molar-refractivity contribution < 1.29 is 4.79 Å². The quantitative estimate of drug-likeness (QED) is 0.863. The fourth-order valence-electron chi connectivity index (χ4n) is 2.72. The number of carbonyl (C=O) groups excluding carboxylic acids is 1. The van der Waals surface area contributed by atoms with Gasteiger partial charge in [0.1, 0.15) is 0 Å². The van der Waals surface area contributed by atoms with Crippen molar-refractivity contribution in [1.29, 1.82) is 0 Å². The van der Waals surface area contributed by atoms with Crippen molar-refractivity contribution in [2.75, 3.05) is 5.32 Å². The summed E-state index contributed by atoms with van der Waals surface area (Å²) >= 11 is 3.45. The lowest BCUT2D eigenvalue weighted by atomic mass is 10.1. The molecule has 3 heteroatoms. The first-order valence-electron chi connectivity index (χ1n) is 6.82. The number of amides is 1. The number of nitrogens with one attached hydrogen (secondary N) is 1. The summed E-state index contributed by atoms with van der Waals surface area (Å²) < 4.78 is 0.974. The predicted octanol–water partition coefficient (Wildman–Crippen LogP) is 4.50. The minimum absolute atomic E-state index is 0.0443. The summed E-state index contributed by atoms with van der Waals surface area (Å²) in [5, 5.41) is 2.96. The van der Waals surface area contributed by atoms with Crippen molar-refractivity contribution in [3.63, 3.8) is 0 Å². The van der Waals surface area contributed by atoms with Gasteiger partial charge in [-0.1, -0.05) is 22.0 Å². The molecule has 0 heterocycles. The van der Waals surface area contributed by atoms with E-state index in [4.69, 9.17) is 0 Å². The van der Waals surface area contributed by atoms with Crippen molar-refractivity contribution in [2.45, 2.75) is 26.2 Å². The zero-order valence-electron chi connectivity index (χ0n) is 11.4. The highest BCUT2D eigenvalue weighted by Gasteiger charge is 2.14. The van der Waals surface area contributed by atoms with E-state index in [0.29, 0.717) is 0 Å². The Hall–Kier alpha value is -1.61. The highest BCUT2D eigenvalue weighted by Crippen LogP contribution is 2.24. The van der Waals surface area contributed by atoms with Crippen LogP contribution < -0.4 is 5.32 Å². The van der Waals surface area contributed by atoms with Crippen LogP contribution in [0.15, 0.2) is 40.9 Å². The Balaban J connectivity index is 1.82. The monoisotopic (exact) mass is 329 g/mol. The van der Waals surface area contributed by atoms with E-state index in [0.717, 1.165) is 34.1 Å². The second-order valence-corrected chi connectivity index (χ2v) is 6.22. The molecule has 0 aromatic heterocycles. The van der Waals surface area contributed by atoms with Crippen LogP contribution in [-0.4, -0.2) is 5.91 Å². The van der Waals surface area contributed by atoms with Gasteiger partial charge in [-0.3, -0.25) is 4.79 Å². The van der Waals surface area contributed by atoms with Crippen molar-refractivity contribution >= 4 is 27.5 Å². The fraction of sp³-hybridized carbons (Fsp3) is 0.235. The number of benzene rings is 2. The smallest absolute Gasteiger partial charge is 0.255 e. The topological polar surface area (TPSA) is 29.1 Å². The number of anilines is 1. The highest BCUT2D eigenvalue weighted by molar-refractivity contribution is 9.10. The molecule has 2 aromatic rings. The molecule has 1 N–H and O–H groups in total. The SMILES string of the molecule is Cc1cc(Br)cc(NC(=O)c2ccc3c(c2)CCC3)c1. The molecule has 0 bridgehead atoms. The van der Waals surface area contributed by atoms with E-state index in [1.165, 1.54) is 17.5 Å². The zero-order chi connectivity index (χ0) is 14.1. The maximum atomic E-state index is 12.3. The molecular weight excluding hydrogens is 314 g/mol. The van der Waals surface area contributed by atoms with Gasteiger partial charge in [-0.05, 0) is 73.2 Å². The van der Waals surface area contributed by atoms with Crippen LogP contribution in [0.3, 0.4) is 0 Å². The molecule has 20 heavy (non-hydrogen) atoms. The zero-order valence-corrected chi connectivity index (χ0v) is 13.0. The average Bonchev–Trinajstić information content (AvgIpc) is 2.84. The summed E-state index contributed by atoms with van der Waals surface area (Å²) in [7, 11) is 0. The number of aryl methyl sites for hydroxylation is 3. The summed E-state index contributed by atoms with van der Waals surface area (Å²) in [4.78, 5) is 12.3. The minimum Gasteiger partial charge on any atom is -0.322 e. The molecule has 0 unspecified atom stereocenters. The first-order chi connectivity index (χ1) is 9.61. The summed E-state index contributed by atoms with van der Waals surface area (Å²) in [5.41, 5.74) is 5.39. The molecule has 0 radical (unpaired) electrons. The van der Waals surface area contributed by atoms with Gasteiger partial charge in [0, 0.05) is 15.7 Å². The van der Waals surface area contributed by atoms with Gasteiger partial charge in [0.2, 0.25) is 0 Å². The molecule has 102 valence electrons. The van der Waals surface area contributed by atoms with Crippen LogP contribution in [0.4, 0.5) is 5.69 Å². The van der Waals surface area contributed by atoms with Crippen molar-refractivity contribution in [3.8, 4) is 0 Å². The number of hydrogen-bond donors (Lipinski definition) is 1. The third kappa shape index (κ3) is 2.78. The molecule has 0 atom stereocenters.